The van der Waals surface area contributed by atoms with E-state index in [4.69, 9.17) is 0 Å². The first-order chi connectivity index (χ1) is 13.4. The Morgan fingerprint density at radius 2 is 2.00 bits per heavy atom. The maximum Gasteiger partial charge on any atom is 0.393 e. The number of rotatable bonds is 3. The van der Waals surface area contributed by atoms with Crippen LogP contribution >= 0.6 is 11.3 Å². The molecule has 2 saturated heterocycles. The lowest BCUT2D eigenvalue weighted by Gasteiger charge is -2.38. The molecule has 0 aliphatic carbocycles. The van der Waals surface area contributed by atoms with Gasteiger partial charge in [-0.25, -0.2) is 9.97 Å². The lowest BCUT2D eigenvalue weighted by molar-refractivity contribution is -0.134. The molecule has 0 saturated carbocycles. The van der Waals surface area contributed by atoms with Crippen LogP contribution < -0.4 is 10.2 Å². The molecule has 4 heterocycles. The topological polar surface area (TPSA) is 61.4 Å². The molecule has 0 radical (unpaired) electrons. The fourth-order valence-electron chi connectivity index (χ4n) is 3.85. The van der Waals surface area contributed by atoms with Gasteiger partial charge in [-0.1, -0.05) is 6.42 Å². The van der Waals surface area contributed by atoms with Crippen LogP contribution in [0.5, 0.6) is 0 Å². The van der Waals surface area contributed by atoms with Crippen LogP contribution in [0.15, 0.2) is 12.4 Å². The lowest BCUT2D eigenvalue weighted by Crippen LogP contribution is -2.55. The van der Waals surface area contributed by atoms with Gasteiger partial charge < -0.3 is 15.1 Å². The molecule has 0 spiro atoms. The van der Waals surface area contributed by atoms with Gasteiger partial charge in [0.2, 0.25) is 5.91 Å². The molecule has 2 aromatic heterocycles. The van der Waals surface area contributed by atoms with Gasteiger partial charge in [-0.15, -0.1) is 11.3 Å². The van der Waals surface area contributed by atoms with Crippen molar-refractivity contribution in [1.82, 2.24) is 20.2 Å². The fourth-order valence-corrected chi connectivity index (χ4v) is 4.87. The Balaban J connectivity index is 1.45. The summed E-state index contributed by atoms with van der Waals surface area (Å²) in [6, 6.07) is 1.46. The maximum absolute atomic E-state index is 12.7. The van der Waals surface area contributed by atoms with E-state index in [-0.39, 0.29) is 16.8 Å². The number of thiophene rings is 1. The smallest absolute Gasteiger partial charge is 0.352 e. The van der Waals surface area contributed by atoms with Gasteiger partial charge >= 0.3 is 6.18 Å². The number of anilines is 1. The van der Waals surface area contributed by atoms with Crippen LogP contribution in [0.25, 0.3) is 10.2 Å². The van der Waals surface area contributed by atoms with Crippen LogP contribution in [0.1, 0.15) is 24.1 Å². The molecule has 1 N–H and O–H groups in total. The fraction of sp³-hybridized carbons (Fsp3) is 0.611. The number of carbonyl (C=O) groups is 1. The number of alkyl halides is 3. The second-order valence-electron chi connectivity index (χ2n) is 7.24. The van der Waals surface area contributed by atoms with Gasteiger partial charge in [-0.2, -0.15) is 13.2 Å². The summed E-state index contributed by atoms with van der Waals surface area (Å²) in [6.45, 7) is 3.27. The molecule has 2 aliphatic rings. The Bertz CT molecular complexity index is 841. The van der Waals surface area contributed by atoms with Crippen molar-refractivity contribution in [3.63, 3.8) is 0 Å². The molecule has 2 aliphatic heterocycles. The summed E-state index contributed by atoms with van der Waals surface area (Å²) in [5.41, 5.74) is 0. The minimum absolute atomic E-state index is 0.0899. The van der Waals surface area contributed by atoms with Crippen LogP contribution in [0.2, 0.25) is 0 Å². The summed E-state index contributed by atoms with van der Waals surface area (Å²) in [6.07, 6.45) is -0.742. The highest BCUT2D eigenvalue weighted by molar-refractivity contribution is 7.18. The van der Waals surface area contributed by atoms with Crippen LogP contribution in [-0.2, 0) is 11.2 Å². The third kappa shape index (κ3) is 4.22. The molecule has 1 atom stereocenters. The molecule has 152 valence electrons. The molecule has 0 aromatic carbocycles. The van der Waals surface area contributed by atoms with E-state index < -0.39 is 12.6 Å². The molecule has 1 amide bonds. The minimum atomic E-state index is -4.24. The molecule has 6 nitrogen and oxygen atoms in total. The van der Waals surface area contributed by atoms with E-state index in [1.165, 1.54) is 6.33 Å². The van der Waals surface area contributed by atoms with Crippen molar-refractivity contribution >= 4 is 33.3 Å². The van der Waals surface area contributed by atoms with Gasteiger partial charge in [-0.3, -0.25) is 4.79 Å². The molecule has 28 heavy (non-hydrogen) atoms. The van der Waals surface area contributed by atoms with Gasteiger partial charge in [0.15, 0.2) is 0 Å². The summed E-state index contributed by atoms with van der Waals surface area (Å²) in [5, 5.41) is 3.94. The number of halogens is 3. The van der Waals surface area contributed by atoms with Crippen LogP contribution in [-0.4, -0.2) is 65.7 Å². The number of amides is 1. The predicted molar refractivity (Wildman–Crippen MR) is 102 cm³/mol. The van der Waals surface area contributed by atoms with Crippen molar-refractivity contribution < 1.29 is 18.0 Å². The average molecular weight is 413 g/mol. The Morgan fingerprint density at radius 1 is 1.21 bits per heavy atom. The summed E-state index contributed by atoms with van der Waals surface area (Å²) in [5.74, 6) is 0.799. The second kappa shape index (κ2) is 7.82. The molecule has 4 rings (SSSR count). The van der Waals surface area contributed by atoms with E-state index in [0.717, 1.165) is 37.1 Å². The zero-order valence-electron chi connectivity index (χ0n) is 15.3. The van der Waals surface area contributed by atoms with Crippen molar-refractivity contribution in [2.75, 3.05) is 37.6 Å². The van der Waals surface area contributed by atoms with E-state index in [9.17, 15) is 18.0 Å². The number of aromatic nitrogens is 2. The quantitative estimate of drug-likeness (QED) is 0.838. The summed E-state index contributed by atoms with van der Waals surface area (Å²) in [7, 11) is 0. The van der Waals surface area contributed by atoms with Crippen LogP contribution in [0.3, 0.4) is 0 Å². The minimum Gasteiger partial charge on any atom is -0.352 e. The maximum atomic E-state index is 12.7. The van der Waals surface area contributed by atoms with Gasteiger partial charge in [0, 0.05) is 31.1 Å². The van der Waals surface area contributed by atoms with Crippen LogP contribution in [0.4, 0.5) is 19.0 Å². The van der Waals surface area contributed by atoms with E-state index in [1.54, 1.807) is 6.07 Å². The molecule has 0 bridgehead atoms. The van der Waals surface area contributed by atoms with Crippen molar-refractivity contribution in [3.05, 3.63) is 17.3 Å². The van der Waals surface area contributed by atoms with Gasteiger partial charge in [0.25, 0.3) is 0 Å². The monoisotopic (exact) mass is 413 g/mol. The van der Waals surface area contributed by atoms with Crippen molar-refractivity contribution in [2.24, 2.45) is 0 Å². The van der Waals surface area contributed by atoms with Crippen molar-refractivity contribution in [3.8, 4) is 0 Å². The van der Waals surface area contributed by atoms with E-state index >= 15 is 0 Å². The first kappa shape index (κ1) is 19.4. The Hall–Kier alpha value is -1.94. The number of hydrogen-bond acceptors (Lipinski definition) is 6. The van der Waals surface area contributed by atoms with Gasteiger partial charge in [-0.05, 0) is 25.5 Å². The van der Waals surface area contributed by atoms with E-state index in [1.807, 2.05) is 9.80 Å². The van der Waals surface area contributed by atoms with Crippen molar-refractivity contribution in [1.29, 1.82) is 0 Å². The number of nitrogens with zero attached hydrogens (tertiary/aromatic N) is 4. The Labute approximate surface area is 164 Å². The number of piperazine rings is 1. The zero-order valence-corrected chi connectivity index (χ0v) is 16.2. The number of nitrogens with one attached hydrogen (secondary N) is 1. The normalized spacial score (nSPS) is 21.3. The Kier molecular flexibility index (Phi) is 5.42. The highest BCUT2D eigenvalue weighted by Crippen LogP contribution is 2.34. The van der Waals surface area contributed by atoms with Gasteiger partial charge in [0.05, 0.1) is 17.8 Å². The van der Waals surface area contributed by atoms with E-state index in [2.05, 4.69) is 15.3 Å². The summed E-state index contributed by atoms with van der Waals surface area (Å²) >= 11 is 1.06. The third-order valence-corrected chi connectivity index (χ3v) is 6.28. The SMILES string of the molecule is O=C(C1CCCCN1)N1CCN(c2ncnc3sc(CC(F)(F)F)cc23)CC1. The predicted octanol–water partition coefficient (Wildman–Crippen LogP) is 2.59. The number of fused-ring (bicyclic) bond motifs is 1. The zero-order chi connectivity index (χ0) is 19.7. The molecule has 10 heteroatoms. The molecule has 1 unspecified atom stereocenters. The van der Waals surface area contributed by atoms with Crippen LogP contribution in [0, 0.1) is 0 Å². The number of carbonyl (C=O) groups excluding carboxylic acids is 1. The summed E-state index contributed by atoms with van der Waals surface area (Å²) < 4.78 is 38.1. The largest absolute Gasteiger partial charge is 0.393 e. The molecular weight excluding hydrogens is 391 g/mol. The highest BCUT2D eigenvalue weighted by atomic mass is 32.1. The van der Waals surface area contributed by atoms with Gasteiger partial charge in [0.1, 0.15) is 17.0 Å². The molecule has 2 aromatic rings. The standard InChI is InChI=1S/C18H22F3N5OS/c19-18(20,21)10-12-9-13-15(23-11-24-16(13)28-12)25-5-7-26(8-6-25)17(27)14-3-1-2-4-22-14/h9,11,14,22H,1-8,10H2. The highest BCUT2D eigenvalue weighted by Gasteiger charge is 2.31. The Morgan fingerprint density at radius 3 is 2.68 bits per heavy atom. The summed E-state index contributed by atoms with van der Waals surface area (Å²) in [4.78, 5) is 25.8. The van der Waals surface area contributed by atoms with Crippen molar-refractivity contribution in [2.45, 2.75) is 37.9 Å². The number of hydrogen-bond donors (Lipinski definition) is 1. The van der Waals surface area contributed by atoms with E-state index in [0.29, 0.717) is 42.2 Å². The third-order valence-electron chi connectivity index (χ3n) is 5.23. The second-order valence-corrected chi connectivity index (χ2v) is 8.35. The lowest BCUT2D eigenvalue weighted by atomic mass is 10.0. The first-order valence-electron chi connectivity index (χ1n) is 9.48. The number of piperidine rings is 1. The molecular formula is C18H22F3N5OS. The average Bonchev–Trinajstić information content (AvgIpc) is 3.08. The first-order valence-corrected chi connectivity index (χ1v) is 10.3. The molecule has 2 fully saturated rings.